The first-order valence-corrected chi connectivity index (χ1v) is 9.70. The van der Waals surface area contributed by atoms with Gasteiger partial charge in [-0.1, -0.05) is 43.7 Å². The molecule has 0 radical (unpaired) electrons. The number of hydrogen-bond acceptors (Lipinski definition) is 4. The van der Waals surface area contributed by atoms with Gasteiger partial charge in [0, 0.05) is 5.75 Å². The fourth-order valence-corrected chi connectivity index (χ4v) is 4.25. The lowest BCUT2D eigenvalue weighted by Gasteiger charge is -2.23. The van der Waals surface area contributed by atoms with E-state index in [-0.39, 0.29) is 18.3 Å². The minimum atomic E-state index is -3.35. The van der Waals surface area contributed by atoms with Gasteiger partial charge in [0.25, 0.3) is 0 Å². The number of ether oxygens (including phenoxy) is 1. The molecule has 0 aromatic heterocycles. The quantitative estimate of drug-likeness (QED) is 0.752. The van der Waals surface area contributed by atoms with Gasteiger partial charge in [-0.2, -0.15) is 0 Å². The molecule has 1 saturated carbocycles. The normalized spacial score (nSPS) is 17.9. The van der Waals surface area contributed by atoms with Crippen LogP contribution in [0.4, 0.5) is 0 Å². The zero-order chi connectivity index (χ0) is 16.0. The Morgan fingerprint density at radius 1 is 1.18 bits per heavy atom. The van der Waals surface area contributed by atoms with Crippen molar-refractivity contribution >= 4 is 15.8 Å². The second-order valence-electron chi connectivity index (χ2n) is 5.80. The molecule has 22 heavy (non-hydrogen) atoms. The first-order chi connectivity index (χ1) is 10.5. The minimum absolute atomic E-state index is 0.0171. The maximum absolute atomic E-state index is 12.3. The van der Waals surface area contributed by atoms with Gasteiger partial charge in [0.1, 0.15) is 6.10 Å². The molecule has 0 bridgehead atoms. The maximum atomic E-state index is 12.3. The zero-order valence-corrected chi connectivity index (χ0v) is 13.8. The van der Waals surface area contributed by atoms with Crippen LogP contribution in [-0.2, 0) is 19.4 Å². The Morgan fingerprint density at radius 2 is 1.82 bits per heavy atom. The van der Waals surface area contributed by atoms with Crippen LogP contribution in [0.1, 0.15) is 56.3 Å². The summed E-state index contributed by atoms with van der Waals surface area (Å²) in [5.41, 5.74) is 0.657. The molecule has 0 saturated heterocycles. The van der Waals surface area contributed by atoms with Gasteiger partial charge in [-0.3, -0.25) is 4.79 Å². The van der Waals surface area contributed by atoms with Crippen molar-refractivity contribution in [3.8, 4) is 0 Å². The first-order valence-electron chi connectivity index (χ1n) is 7.99. The molecular formula is C17H24O4S. The van der Waals surface area contributed by atoms with Gasteiger partial charge >= 0.3 is 5.97 Å². The lowest BCUT2D eigenvalue weighted by Crippen LogP contribution is -2.25. The van der Waals surface area contributed by atoms with Crippen LogP contribution in [0.2, 0.25) is 0 Å². The van der Waals surface area contributed by atoms with Crippen LogP contribution in [0, 0.1) is 0 Å². The highest BCUT2D eigenvalue weighted by atomic mass is 32.2. The van der Waals surface area contributed by atoms with Crippen LogP contribution in [0.15, 0.2) is 30.3 Å². The summed E-state index contributed by atoms with van der Waals surface area (Å²) in [6.45, 7) is 1.61. The summed E-state index contributed by atoms with van der Waals surface area (Å²) < 4.78 is 30.1. The molecule has 1 aliphatic carbocycles. The van der Waals surface area contributed by atoms with Crippen molar-refractivity contribution in [1.82, 2.24) is 0 Å². The molecule has 1 aliphatic rings. The van der Waals surface area contributed by atoms with Crippen molar-refractivity contribution in [2.24, 2.45) is 0 Å². The summed E-state index contributed by atoms with van der Waals surface area (Å²) in [6, 6.07) is 8.93. The smallest absolute Gasteiger partial charge is 0.307 e. The van der Waals surface area contributed by atoms with E-state index in [1.54, 1.807) is 31.2 Å². The van der Waals surface area contributed by atoms with E-state index in [0.29, 0.717) is 5.56 Å². The molecule has 1 atom stereocenters. The maximum Gasteiger partial charge on any atom is 0.307 e. The predicted octanol–water partition coefficient (Wildman–Crippen LogP) is 3.43. The second kappa shape index (κ2) is 7.77. The van der Waals surface area contributed by atoms with Gasteiger partial charge in [0.05, 0.1) is 11.7 Å². The summed E-state index contributed by atoms with van der Waals surface area (Å²) in [6.07, 6.45) is 4.98. The molecule has 0 spiro atoms. The number of carbonyl (C=O) groups is 1. The fraction of sp³-hybridized carbons (Fsp3) is 0.588. The molecule has 122 valence electrons. The Bertz CT molecular complexity index is 574. The number of esters is 1. The highest BCUT2D eigenvalue weighted by Crippen LogP contribution is 2.28. The Morgan fingerprint density at radius 3 is 2.41 bits per heavy atom. The predicted molar refractivity (Wildman–Crippen MR) is 86.2 cm³/mol. The van der Waals surface area contributed by atoms with Gasteiger partial charge in [0.15, 0.2) is 9.84 Å². The molecule has 1 unspecified atom stereocenters. The van der Waals surface area contributed by atoms with Gasteiger partial charge in [-0.15, -0.1) is 0 Å². The molecule has 0 N–H and O–H groups in total. The fourth-order valence-electron chi connectivity index (χ4n) is 2.89. The van der Waals surface area contributed by atoms with E-state index in [4.69, 9.17) is 4.74 Å². The number of hydrogen-bond donors (Lipinski definition) is 0. The molecule has 0 amide bonds. The van der Waals surface area contributed by atoms with Crippen LogP contribution < -0.4 is 0 Å². The van der Waals surface area contributed by atoms with Gasteiger partial charge in [0.2, 0.25) is 0 Å². The van der Waals surface area contributed by atoms with Crippen LogP contribution in [-0.4, -0.2) is 26.2 Å². The van der Waals surface area contributed by atoms with E-state index in [0.717, 1.165) is 25.7 Å². The van der Waals surface area contributed by atoms with Crippen molar-refractivity contribution in [1.29, 1.82) is 0 Å². The molecule has 1 aromatic carbocycles. The summed E-state index contributed by atoms with van der Waals surface area (Å²) in [7, 11) is -3.35. The third-order valence-corrected chi connectivity index (χ3v) is 6.32. The minimum Gasteiger partial charge on any atom is -0.462 e. The van der Waals surface area contributed by atoms with E-state index < -0.39 is 21.1 Å². The van der Waals surface area contributed by atoms with E-state index >= 15 is 0 Å². The average molecular weight is 324 g/mol. The van der Waals surface area contributed by atoms with Gasteiger partial charge in [-0.25, -0.2) is 8.42 Å². The highest BCUT2D eigenvalue weighted by Gasteiger charge is 2.30. The number of rotatable bonds is 6. The summed E-state index contributed by atoms with van der Waals surface area (Å²) >= 11 is 0. The molecule has 2 rings (SSSR count). The third kappa shape index (κ3) is 4.57. The molecule has 1 aromatic rings. The van der Waals surface area contributed by atoms with Crippen molar-refractivity contribution in [2.75, 3.05) is 5.75 Å². The van der Waals surface area contributed by atoms with Crippen LogP contribution in [0.5, 0.6) is 0 Å². The molecule has 5 heteroatoms. The lowest BCUT2D eigenvalue weighted by atomic mass is 9.98. The Labute approximate surface area is 132 Å². The third-order valence-electron chi connectivity index (χ3n) is 4.21. The number of carbonyl (C=O) groups excluding carboxylic acids is 1. The van der Waals surface area contributed by atoms with E-state index in [1.165, 1.54) is 6.42 Å². The summed E-state index contributed by atoms with van der Waals surface area (Å²) in [5, 5.41) is -0.810. The topological polar surface area (TPSA) is 60.4 Å². The Kier molecular flexibility index (Phi) is 6.00. The number of benzene rings is 1. The van der Waals surface area contributed by atoms with Crippen molar-refractivity contribution in [2.45, 2.75) is 56.8 Å². The Balaban J connectivity index is 2.08. The van der Waals surface area contributed by atoms with Gasteiger partial charge < -0.3 is 4.74 Å². The van der Waals surface area contributed by atoms with Crippen LogP contribution in [0.3, 0.4) is 0 Å². The van der Waals surface area contributed by atoms with Gasteiger partial charge in [-0.05, 0) is 31.2 Å². The monoisotopic (exact) mass is 324 g/mol. The molecule has 4 nitrogen and oxygen atoms in total. The zero-order valence-electron chi connectivity index (χ0n) is 13.0. The van der Waals surface area contributed by atoms with Crippen molar-refractivity contribution < 1.29 is 17.9 Å². The largest absolute Gasteiger partial charge is 0.462 e. The standard InChI is InChI=1S/C17H24O4S/c1-2-22(19,20)16(14-9-5-3-6-10-14)13-17(18)21-15-11-7-4-8-12-15/h3,5-6,9-10,15-16H,2,4,7-8,11-13H2,1H3. The van der Waals surface area contributed by atoms with E-state index in [1.807, 2.05) is 6.07 Å². The van der Waals surface area contributed by atoms with Crippen LogP contribution >= 0.6 is 0 Å². The van der Waals surface area contributed by atoms with Crippen LogP contribution in [0.25, 0.3) is 0 Å². The average Bonchev–Trinajstić information content (AvgIpc) is 2.54. The molecule has 0 aliphatic heterocycles. The summed E-state index contributed by atoms with van der Waals surface area (Å²) in [4.78, 5) is 12.2. The molecule has 0 heterocycles. The van der Waals surface area contributed by atoms with E-state index in [2.05, 4.69) is 0 Å². The van der Waals surface area contributed by atoms with Crippen molar-refractivity contribution in [3.05, 3.63) is 35.9 Å². The lowest BCUT2D eigenvalue weighted by molar-refractivity contribution is -0.150. The SMILES string of the molecule is CCS(=O)(=O)C(CC(=O)OC1CCCCC1)c1ccccc1. The molecular weight excluding hydrogens is 300 g/mol. The number of sulfone groups is 1. The molecule has 1 fully saturated rings. The first kappa shape index (κ1) is 17.0. The highest BCUT2D eigenvalue weighted by molar-refractivity contribution is 7.91. The summed E-state index contributed by atoms with van der Waals surface area (Å²) in [5.74, 6) is -0.388. The second-order valence-corrected chi connectivity index (χ2v) is 8.28. The van der Waals surface area contributed by atoms with Crippen molar-refractivity contribution in [3.63, 3.8) is 0 Å². The van der Waals surface area contributed by atoms with E-state index in [9.17, 15) is 13.2 Å². The Hall–Kier alpha value is -1.36.